The molecular weight excluding hydrogens is 250 g/mol. The van der Waals surface area contributed by atoms with Crippen molar-refractivity contribution < 1.29 is 4.92 Å². The SMILES string of the molecule is Cc1ccc(NCCc2nccs2)cc1[N+](=O)[O-]. The summed E-state index contributed by atoms with van der Waals surface area (Å²) in [5.74, 6) is 0. The molecule has 0 spiro atoms. The molecule has 0 fully saturated rings. The van der Waals surface area contributed by atoms with Gasteiger partial charge in [0.05, 0.1) is 9.93 Å². The summed E-state index contributed by atoms with van der Waals surface area (Å²) in [6.45, 7) is 2.45. The van der Waals surface area contributed by atoms with Crippen LogP contribution < -0.4 is 5.32 Å². The number of rotatable bonds is 5. The number of nitrogens with zero attached hydrogens (tertiary/aromatic N) is 2. The lowest BCUT2D eigenvalue weighted by Gasteiger charge is -2.06. The number of nitro benzene ring substituents is 1. The zero-order valence-corrected chi connectivity index (χ0v) is 10.7. The highest BCUT2D eigenvalue weighted by molar-refractivity contribution is 7.09. The van der Waals surface area contributed by atoms with E-state index in [-0.39, 0.29) is 10.6 Å². The van der Waals surface area contributed by atoms with E-state index in [9.17, 15) is 10.1 Å². The Labute approximate surface area is 109 Å². The number of thiazole rings is 1. The lowest BCUT2D eigenvalue weighted by Crippen LogP contribution is -2.05. The van der Waals surface area contributed by atoms with Crippen molar-refractivity contribution in [2.75, 3.05) is 11.9 Å². The zero-order valence-electron chi connectivity index (χ0n) is 9.92. The molecule has 1 aromatic carbocycles. The maximum absolute atomic E-state index is 10.8. The number of benzene rings is 1. The summed E-state index contributed by atoms with van der Waals surface area (Å²) in [5, 5.41) is 17.0. The molecule has 1 N–H and O–H groups in total. The van der Waals surface area contributed by atoms with Crippen LogP contribution >= 0.6 is 11.3 Å². The summed E-state index contributed by atoms with van der Waals surface area (Å²) >= 11 is 1.61. The minimum atomic E-state index is -0.360. The molecular formula is C12H13N3O2S. The van der Waals surface area contributed by atoms with E-state index in [1.54, 1.807) is 36.6 Å². The standard InChI is InChI=1S/C12H13N3O2S/c1-9-2-3-10(8-11(9)15(16)17)13-5-4-12-14-6-7-18-12/h2-3,6-8,13H,4-5H2,1H3. The van der Waals surface area contributed by atoms with E-state index < -0.39 is 0 Å². The van der Waals surface area contributed by atoms with Crippen LogP contribution in [0.15, 0.2) is 29.8 Å². The summed E-state index contributed by atoms with van der Waals surface area (Å²) < 4.78 is 0. The monoisotopic (exact) mass is 263 g/mol. The van der Waals surface area contributed by atoms with Gasteiger partial charge in [-0.05, 0) is 13.0 Å². The largest absolute Gasteiger partial charge is 0.384 e. The molecule has 1 heterocycles. The first-order chi connectivity index (χ1) is 8.66. The second-order valence-corrected chi connectivity index (χ2v) is 4.84. The Bertz CT molecular complexity index is 540. The average Bonchev–Trinajstić information content (AvgIpc) is 2.84. The van der Waals surface area contributed by atoms with Crippen LogP contribution in [0, 0.1) is 17.0 Å². The predicted octanol–water partition coefficient (Wildman–Crippen LogP) is 3.01. The first-order valence-corrected chi connectivity index (χ1v) is 6.42. The third-order valence-electron chi connectivity index (χ3n) is 2.56. The number of anilines is 1. The fraction of sp³-hybridized carbons (Fsp3) is 0.250. The van der Waals surface area contributed by atoms with Crippen LogP contribution in [-0.2, 0) is 6.42 Å². The van der Waals surface area contributed by atoms with Gasteiger partial charge in [0.2, 0.25) is 0 Å². The first kappa shape index (κ1) is 12.5. The fourth-order valence-corrected chi connectivity index (χ4v) is 2.23. The predicted molar refractivity (Wildman–Crippen MR) is 72.1 cm³/mol. The van der Waals surface area contributed by atoms with Crippen LogP contribution in [0.1, 0.15) is 10.6 Å². The molecule has 0 atom stereocenters. The van der Waals surface area contributed by atoms with Crippen molar-refractivity contribution >= 4 is 22.7 Å². The molecule has 0 bridgehead atoms. The van der Waals surface area contributed by atoms with Crippen LogP contribution in [0.2, 0.25) is 0 Å². The molecule has 0 amide bonds. The normalized spacial score (nSPS) is 10.3. The maximum atomic E-state index is 10.8. The molecule has 0 aliphatic carbocycles. The topological polar surface area (TPSA) is 68.1 Å². The molecule has 18 heavy (non-hydrogen) atoms. The molecule has 1 aromatic heterocycles. The van der Waals surface area contributed by atoms with Crippen molar-refractivity contribution in [1.29, 1.82) is 0 Å². The van der Waals surface area contributed by atoms with Gasteiger partial charge in [-0.3, -0.25) is 10.1 Å². The van der Waals surface area contributed by atoms with Crippen LogP contribution in [0.4, 0.5) is 11.4 Å². The molecule has 94 valence electrons. The molecule has 5 nitrogen and oxygen atoms in total. The number of hydrogen-bond donors (Lipinski definition) is 1. The minimum absolute atomic E-state index is 0.147. The quantitative estimate of drug-likeness (QED) is 0.665. The molecule has 0 aliphatic rings. The molecule has 0 unspecified atom stereocenters. The Hall–Kier alpha value is -1.95. The van der Waals surface area contributed by atoms with Crippen LogP contribution in [0.25, 0.3) is 0 Å². The van der Waals surface area contributed by atoms with Gasteiger partial charge in [-0.25, -0.2) is 4.98 Å². The lowest BCUT2D eigenvalue weighted by molar-refractivity contribution is -0.385. The molecule has 0 aliphatic heterocycles. The van der Waals surface area contributed by atoms with E-state index in [4.69, 9.17) is 0 Å². The maximum Gasteiger partial charge on any atom is 0.274 e. The van der Waals surface area contributed by atoms with Crippen LogP contribution in [0.3, 0.4) is 0 Å². The van der Waals surface area contributed by atoms with E-state index in [0.29, 0.717) is 12.1 Å². The van der Waals surface area contributed by atoms with Crippen molar-refractivity contribution in [3.63, 3.8) is 0 Å². The molecule has 0 radical (unpaired) electrons. The zero-order chi connectivity index (χ0) is 13.0. The summed E-state index contributed by atoms with van der Waals surface area (Å²) in [5.41, 5.74) is 1.59. The first-order valence-electron chi connectivity index (χ1n) is 5.54. The Morgan fingerprint density at radius 3 is 3.00 bits per heavy atom. The van der Waals surface area contributed by atoms with Crippen molar-refractivity contribution in [3.05, 3.63) is 50.5 Å². The number of aryl methyl sites for hydroxylation is 1. The number of hydrogen-bond acceptors (Lipinski definition) is 5. The van der Waals surface area contributed by atoms with Crippen molar-refractivity contribution in [2.45, 2.75) is 13.3 Å². The van der Waals surface area contributed by atoms with E-state index in [1.165, 1.54) is 0 Å². The molecule has 0 saturated heterocycles. The van der Waals surface area contributed by atoms with Gasteiger partial charge in [0.1, 0.15) is 0 Å². The van der Waals surface area contributed by atoms with E-state index in [2.05, 4.69) is 10.3 Å². The second kappa shape index (κ2) is 5.59. The highest BCUT2D eigenvalue weighted by Gasteiger charge is 2.10. The lowest BCUT2D eigenvalue weighted by atomic mass is 10.2. The van der Waals surface area contributed by atoms with E-state index in [0.717, 1.165) is 17.1 Å². The summed E-state index contributed by atoms with van der Waals surface area (Å²) in [4.78, 5) is 14.6. The third-order valence-corrected chi connectivity index (χ3v) is 3.40. The van der Waals surface area contributed by atoms with Gasteiger partial charge in [-0.1, -0.05) is 6.07 Å². The van der Waals surface area contributed by atoms with Crippen LogP contribution in [0.5, 0.6) is 0 Å². The van der Waals surface area contributed by atoms with E-state index >= 15 is 0 Å². The van der Waals surface area contributed by atoms with Crippen LogP contribution in [-0.4, -0.2) is 16.5 Å². The summed E-state index contributed by atoms with van der Waals surface area (Å²) in [6.07, 6.45) is 2.59. The summed E-state index contributed by atoms with van der Waals surface area (Å²) in [7, 11) is 0. The van der Waals surface area contributed by atoms with Gasteiger partial charge in [0.15, 0.2) is 0 Å². The second-order valence-electron chi connectivity index (χ2n) is 3.86. The Kier molecular flexibility index (Phi) is 3.88. The highest BCUT2D eigenvalue weighted by Crippen LogP contribution is 2.22. The van der Waals surface area contributed by atoms with Crippen molar-refractivity contribution in [3.8, 4) is 0 Å². The number of nitrogens with one attached hydrogen (secondary N) is 1. The van der Waals surface area contributed by atoms with Crippen molar-refractivity contribution in [1.82, 2.24) is 4.98 Å². The number of nitro groups is 1. The van der Waals surface area contributed by atoms with Gasteiger partial charge >= 0.3 is 0 Å². The Morgan fingerprint density at radius 1 is 1.50 bits per heavy atom. The average molecular weight is 263 g/mol. The molecule has 0 saturated carbocycles. The molecule has 2 rings (SSSR count). The number of aromatic nitrogens is 1. The Morgan fingerprint density at radius 2 is 2.33 bits per heavy atom. The van der Waals surface area contributed by atoms with Gasteiger partial charge in [-0.15, -0.1) is 11.3 Å². The van der Waals surface area contributed by atoms with Gasteiger partial charge in [0.25, 0.3) is 5.69 Å². The Balaban J connectivity index is 1.97. The van der Waals surface area contributed by atoms with Gasteiger partial charge in [0, 0.05) is 41.9 Å². The minimum Gasteiger partial charge on any atom is -0.384 e. The highest BCUT2D eigenvalue weighted by atomic mass is 32.1. The van der Waals surface area contributed by atoms with Gasteiger partial charge in [-0.2, -0.15) is 0 Å². The third kappa shape index (κ3) is 3.04. The molecule has 2 aromatic rings. The van der Waals surface area contributed by atoms with Crippen molar-refractivity contribution in [2.24, 2.45) is 0 Å². The fourth-order valence-electron chi connectivity index (χ4n) is 1.61. The summed E-state index contributed by atoms with van der Waals surface area (Å²) in [6, 6.07) is 5.17. The molecule has 6 heteroatoms. The van der Waals surface area contributed by atoms with Gasteiger partial charge < -0.3 is 5.32 Å². The van der Waals surface area contributed by atoms with E-state index in [1.807, 2.05) is 11.4 Å². The smallest absolute Gasteiger partial charge is 0.274 e.